The van der Waals surface area contributed by atoms with Crippen LogP contribution in [0.3, 0.4) is 0 Å². The minimum absolute atomic E-state index is 0.550. The number of para-hydroxylation sites is 2. The summed E-state index contributed by atoms with van der Waals surface area (Å²) in [4.78, 5) is 23.7. The number of hydrogen-bond acceptors (Lipinski definition) is 6. The monoisotopic (exact) mass is 507 g/mol. The van der Waals surface area contributed by atoms with Crippen LogP contribution in [0.15, 0.2) is 137 Å². The second kappa shape index (κ2) is 9.57. The molecule has 0 saturated heterocycles. The lowest BCUT2D eigenvalue weighted by molar-refractivity contribution is 1.06. The molecular formula is C32H21N5S. The number of fused-ring (bicyclic) bond motifs is 2. The van der Waals surface area contributed by atoms with Crippen molar-refractivity contribution in [2.75, 3.05) is 4.90 Å². The second-order valence-electron chi connectivity index (χ2n) is 8.81. The lowest BCUT2D eigenvalue weighted by atomic mass is 10.1. The molecule has 4 aromatic carbocycles. The minimum atomic E-state index is 0.550. The molecule has 0 aliphatic carbocycles. The summed E-state index contributed by atoms with van der Waals surface area (Å²) in [6.45, 7) is 0. The Morgan fingerprint density at radius 2 is 1.03 bits per heavy atom. The molecule has 0 N–H and O–H groups in total. The van der Waals surface area contributed by atoms with Gasteiger partial charge in [-0.1, -0.05) is 72.4 Å². The SMILES string of the molecule is c1ccc(-c2nc(-c3ccc(N4c5ccccc5Sc5ccccc54)cc3)nc(-c3ccccn3)n2)cc1. The van der Waals surface area contributed by atoms with Crippen LogP contribution in [-0.4, -0.2) is 19.9 Å². The maximum Gasteiger partial charge on any atom is 0.182 e. The second-order valence-corrected chi connectivity index (χ2v) is 9.89. The van der Waals surface area contributed by atoms with Crippen LogP contribution < -0.4 is 4.90 Å². The van der Waals surface area contributed by atoms with Crippen molar-refractivity contribution < 1.29 is 0 Å². The first kappa shape index (κ1) is 22.4. The number of anilines is 3. The summed E-state index contributed by atoms with van der Waals surface area (Å²) in [5.74, 6) is 1.78. The average Bonchev–Trinajstić information content (AvgIpc) is 3.00. The van der Waals surface area contributed by atoms with Gasteiger partial charge in [0.05, 0.1) is 11.4 Å². The van der Waals surface area contributed by atoms with Crippen LogP contribution in [0.25, 0.3) is 34.3 Å². The molecule has 1 aliphatic heterocycles. The predicted octanol–water partition coefficient (Wildman–Crippen LogP) is 8.20. The number of rotatable bonds is 4. The molecule has 6 aromatic rings. The highest BCUT2D eigenvalue weighted by Crippen LogP contribution is 2.51. The maximum absolute atomic E-state index is 4.85. The van der Waals surface area contributed by atoms with Crippen LogP contribution in [0.5, 0.6) is 0 Å². The van der Waals surface area contributed by atoms with Crippen molar-refractivity contribution in [1.82, 2.24) is 19.9 Å². The van der Waals surface area contributed by atoms with Gasteiger partial charge >= 0.3 is 0 Å². The van der Waals surface area contributed by atoms with Gasteiger partial charge in [-0.3, -0.25) is 4.98 Å². The number of aromatic nitrogens is 4. The smallest absolute Gasteiger partial charge is 0.182 e. The summed E-state index contributed by atoms with van der Waals surface area (Å²) >= 11 is 1.81. The number of hydrogen-bond donors (Lipinski definition) is 0. The minimum Gasteiger partial charge on any atom is -0.308 e. The third-order valence-electron chi connectivity index (χ3n) is 6.38. The Morgan fingerprint density at radius 1 is 0.474 bits per heavy atom. The fraction of sp³-hybridized carbons (Fsp3) is 0. The van der Waals surface area contributed by atoms with E-state index in [1.54, 1.807) is 18.0 Å². The van der Waals surface area contributed by atoms with Gasteiger partial charge < -0.3 is 4.90 Å². The highest BCUT2D eigenvalue weighted by Gasteiger charge is 2.24. The summed E-state index contributed by atoms with van der Waals surface area (Å²) < 4.78 is 0. The Morgan fingerprint density at radius 3 is 1.66 bits per heavy atom. The van der Waals surface area contributed by atoms with Crippen molar-refractivity contribution in [2.45, 2.75) is 9.79 Å². The molecule has 0 fully saturated rings. The Bertz CT molecular complexity index is 1640. The van der Waals surface area contributed by atoms with Gasteiger partial charge in [-0.25, -0.2) is 15.0 Å². The largest absolute Gasteiger partial charge is 0.308 e. The Hall–Kier alpha value is -4.81. The van der Waals surface area contributed by atoms with E-state index in [9.17, 15) is 0 Å². The average molecular weight is 508 g/mol. The number of pyridine rings is 1. The van der Waals surface area contributed by atoms with Crippen molar-refractivity contribution >= 4 is 28.8 Å². The fourth-order valence-electron chi connectivity index (χ4n) is 4.57. The van der Waals surface area contributed by atoms with Gasteiger partial charge in [0, 0.05) is 32.8 Å². The third kappa shape index (κ3) is 4.11. The third-order valence-corrected chi connectivity index (χ3v) is 7.51. The summed E-state index contributed by atoms with van der Waals surface area (Å²) in [5, 5.41) is 0. The molecule has 2 aromatic heterocycles. The molecule has 0 radical (unpaired) electrons. The van der Waals surface area contributed by atoms with Crippen molar-refractivity contribution in [1.29, 1.82) is 0 Å². The number of benzene rings is 4. The number of nitrogens with zero attached hydrogens (tertiary/aromatic N) is 5. The molecule has 5 nitrogen and oxygen atoms in total. The van der Waals surface area contributed by atoms with Crippen molar-refractivity contribution in [3.05, 3.63) is 128 Å². The van der Waals surface area contributed by atoms with E-state index >= 15 is 0 Å². The van der Waals surface area contributed by atoms with E-state index in [1.807, 2.05) is 48.5 Å². The fourth-order valence-corrected chi connectivity index (χ4v) is 5.63. The molecule has 6 heteroatoms. The van der Waals surface area contributed by atoms with Gasteiger partial charge in [-0.15, -0.1) is 0 Å². The van der Waals surface area contributed by atoms with Gasteiger partial charge in [0.1, 0.15) is 5.69 Å². The van der Waals surface area contributed by atoms with Gasteiger partial charge in [0.25, 0.3) is 0 Å². The molecule has 0 amide bonds. The maximum atomic E-state index is 4.85. The van der Waals surface area contributed by atoms with Gasteiger partial charge in [0.2, 0.25) is 0 Å². The normalized spacial score (nSPS) is 12.1. The zero-order valence-electron chi connectivity index (χ0n) is 20.3. The molecule has 0 bridgehead atoms. The summed E-state index contributed by atoms with van der Waals surface area (Å²) in [7, 11) is 0. The van der Waals surface area contributed by atoms with E-state index in [0.717, 1.165) is 16.8 Å². The van der Waals surface area contributed by atoms with Crippen molar-refractivity contribution in [2.24, 2.45) is 0 Å². The highest BCUT2D eigenvalue weighted by molar-refractivity contribution is 7.99. The van der Waals surface area contributed by atoms with Crippen LogP contribution in [0.2, 0.25) is 0 Å². The Labute approximate surface area is 224 Å². The molecule has 38 heavy (non-hydrogen) atoms. The summed E-state index contributed by atoms with van der Waals surface area (Å²) in [5.41, 5.74) is 5.99. The zero-order valence-corrected chi connectivity index (χ0v) is 21.1. The first-order valence-electron chi connectivity index (χ1n) is 12.3. The van der Waals surface area contributed by atoms with Crippen LogP contribution in [0.1, 0.15) is 0 Å². The van der Waals surface area contributed by atoms with E-state index in [0.29, 0.717) is 23.2 Å². The van der Waals surface area contributed by atoms with Crippen LogP contribution in [0, 0.1) is 0 Å². The molecule has 0 spiro atoms. The molecule has 7 rings (SSSR count). The van der Waals surface area contributed by atoms with Gasteiger partial charge in [0.15, 0.2) is 17.5 Å². The molecule has 0 atom stereocenters. The lowest BCUT2D eigenvalue weighted by Crippen LogP contribution is -2.14. The molecule has 1 aliphatic rings. The summed E-state index contributed by atoms with van der Waals surface area (Å²) in [6.07, 6.45) is 1.75. The van der Waals surface area contributed by atoms with E-state index in [1.165, 1.54) is 21.2 Å². The topological polar surface area (TPSA) is 54.8 Å². The standard InChI is InChI=1S/C32H21N5S/c1-2-10-22(11-3-1)30-34-31(36-32(35-30)25-12-8-9-21-33-25)23-17-19-24(20-18-23)37-26-13-4-6-15-28(26)38-29-16-7-5-14-27(29)37/h1-21H. The lowest BCUT2D eigenvalue weighted by Gasteiger charge is -2.32. The Kier molecular flexibility index (Phi) is 5.64. The quantitative estimate of drug-likeness (QED) is 0.239. The van der Waals surface area contributed by atoms with Crippen LogP contribution in [-0.2, 0) is 0 Å². The first-order chi connectivity index (χ1) is 18.8. The highest BCUT2D eigenvalue weighted by atomic mass is 32.2. The van der Waals surface area contributed by atoms with Crippen molar-refractivity contribution in [3.63, 3.8) is 0 Å². The molecule has 0 saturated carbocycles. The van der Waals surface area contributed by atoms with E-state index in [4.69, 9.17) is 15.0 Å². The first-order valence-corrected chi connectivity index (χ1v) is 13.1. The van der Waals surface area contributed by atoms with E-state index in [2.05, 4.69) is 82.7 Å². The van der Waals surface area contributed by atoms with Gasteiger partial charge in [-0.05, 0) is 60.7 Å². The van der Waals surface area contributed by atoms with E-state index in [-0.39, 0.29) is 0 Å². The van der Waals surface area contributed by atoms with Crippen molar-refractivity contribution in [3.8, 4) is 34.3 Å². The van der Waals surface area contributed by atoms with Crippen LogP contribution in [0.4, 0.5) is 17.1 Å². The van der Waals surface area contributed by atoms with E-state index < -0.39 is 0 Å². The predicted molar refractivity (Wildman–Crippen MR) is 153 cm³/mol. The molecule has 3 heterocycles. The molecule has 180 valence electrons. The van der Waals surface area contributed by atoms with Crippen LogP contribution >= 0.6 is 11.8 Å². The Balaban J connectivity index is 1.32. The molecular weight excluding hydrogens is 486 g/mol. The zero-order chi connectivity index (χ0) is 25.3. The molecule has 0 unspecified atom stereocenters. The van der Waals surface area contributed by atoms with Gasteiger partial charge in [-0.2, -0.15) is 0 Å². The summed E-state index contributed by atoms with van der Waals surface area (Å²) in [6, 6.07) is 41.2.